The van der Waals surface area contributed by atoms with Gasteiger partial charge in [-0.15, -0.1) is 24.0 Å². The number of hydrogen-bond acceptors (Lipinski definition) is 3. The molecule has 3 N–H and O–H groups in total. The fourth-order valence-corrected chi connectivity index (χ4v) is 1.80. The SMILES string of the molecule is CCCCNC(N)=NCc1cccc(OCC)c1OC(F)F.I. The molecule has 0 aliphatic carbocycles. The molecule has 0 spiro atoms. The highest BCUT2D eigenvalue weighted by atomic mass is 127. The topological polar surface area (TPSA) is 68.9 Å². The van der Waals surface area contributed by atoms with Crippen molar-refractivity contribution >= 4 is 29.9 Å². The molecule has 0 atom stereocenters. The second kappa shape index (κ2) is 12.1. The third-order valence-corrected chi connectivity index (χ3v) is 2.82. The number of alkyl halides is 2. The molecule has 0 fully saturated rings. The maximum atomic E-state index is 12.6. The van der Waals surface area contributed by atoms with E-state index in [9.17, 15) is 8.78 Å². The number of benzene rings is 1. The van der Waals surface area contributed by atoms with Crippen LogP contribution in [0.15, 0.2) is 23.2 Å². The molecule has 23 heavy (non-hydrogen) atoms. The van der Waals surface area contributed by atoms with Gasteiger partial charge in [-0.05, 0) is 19.4 Å². The van der Waals surface area contributed by atoms with Gasteiger partial charge in [0.25, 0.3) is 0 Å². The predicted molar refractivity (Wildman–Crippen MR) is 97.9 cm³/mol. The Balaban J connectivity index is 0.00000484. The average Bonchev–Trinajstić information content (AvgIpc) is 2.47. The number of nitrogens with zero attached hydrogens (tertiary/aromatic N) is 1. The van der Waals surface area contributed by atoms with Crippen molar-refractivity contribution < 1.29 is 18.3 Å². The maximum Gasteiger partial charge on any atom is 0.387 e. The van der Waals surface area contributed by atoms with E-state index in [1.165, 1.54) is 0 Å². The van der Waals surface area contributed by atoms with Crippen LogP contribution in [0.5, 0.6) is 11.5 Å². The molecule has 0 radical (unpaired) electrons. The number of unbranched alkanes of at least 4 members (excludes halogenated alkanes) is 1. The number of hydrogen-bond donors (Lipinski definition) is 2. The van der Waals surface area contributed by atoms with Crippen LogP contribution in [0.1, 0.15) is 32.3 Å². The molecule has 0 unspecified atom stereocenters. The van der Waals surface area contributed by atoms with E-state index in [2.05, 4.69) is 22.0 Å². The molecule has 0 amide bonds. The van der Waals surface area contributed by atoms with Crippen LogP contribution in [0.25, 0.3) is 0 Å². The monoisotopic (exact) mass is 443 g/mol. The number of nitrogens with one attached hydrogen (secondary N) is 1. The Hall–Kier alpha value is -1.32. The highest BCUT2D eigenvalue weighted by Gasteiger charge is 2.15. The molecule has 132 valence electrons. The number of ether oxygens (including phenoxy) is 2. The summed E-state index contributed by atoms with van der Waals surface area (Å²) in [6.07, 6.45) is 2.03. The van der Waals surface area contributed by atoms with Crippen LogP contribution < -0.4 is 20.5 Å². The molecule has 1 aromatic carbocycles. The van der Waals surface area contributed by atoms with Crippen molar-refractivity contribution in [3.8, 4) is 11.5 Å². The first-order valence-corrected chi connectivity index (χ1v) is 7.31. The van der Waals surface area contributed by atoms with Crippen LogP contribution in [0.3, 0.4) is 0 Å². The van der Waals surface area contributed by atoms with Crippen LogP contribution in [0.4, 0.5) is 8.78 Å². The molecule has 8 heteroatoms. The van der Waals surface area contributed by atoms with Crippen molar-refractivity contribution in [2.24, 2.45) is 10.7 Å². The average molecular weight is 443 g/mol. The Morgan fingerprint density at radius 3 is 2.70 bits per heavy atom. The van der Waals surface area contributed by atoms with Gasteiger partial charge in [0.05, 0.1) is 13.2 Å². The lowest BCUT2D eigenvalue weighted by Gasteiger charge is -2.14. The van der Waals surface area contributed by atoms with Crippen LogP contribution in [-0.4, -0.2) is 25.7 Å². The lowest BCUT2D eigenvalue weighted by molar-refractivity contribution is -0.0520. The Morgan fingerprint density at radius 1 is 1.35 bits per heavy atom. The van der Waals surface area contributed by atoms with Crippen LogP contribution in [0, 0.1) is 0 Å². The predicted octanol–water partition coefficient (Wildman–Crippen LogP) is 3.51. The van der Waals surface area contributed by atoms with Crippen molar-refractivity contribution in [1.29, 1.82) is 0 Å². The van der Waals surface area contributed by atoms with Crippen LogP contribution in [0.2, 0.25) is 0 Å². The zero-order chi connectivity index (χ0) is 16.4. The first-order valence-electron chi connectivity index (χ1n) is 7.31. The molecule has 0 bridgehead atoms. The molecule has 1 rings (SSSR count). The molecule has 0 saturated heterocycles. The van der Waals surface area contributed by atoms with E-state index < -0.39 is 6.61 Å². The summed E-state index contributed by atoms with van der Waals surface area (Å²) in [5.41, 5.74) is 6.22. The van der Waals surface area contributed by atoms with Gasteiger partial charge in [0.2, 0.25) is 0 Å². The van der Waals surface area contributed by atoms with Gasteiger partial charge in [-0.25, -0.2) is 4.99 Å². The van der Waals surface area contributed by atoms with Gasteiger partial charge < -0.3 is 20.5 Å². The van der Waals surface area contributed by atoms with Gasteiger partial charge in [0, 0.05) is 12.1 Å². The summed E-state index contributed by atoms with van der Waals surface area (Å²) in [5.74, 6) is 0.552. The summed E-state index contributed by atoms with van der Waals surface area (Å²) in [6, 6.07) is 4.94. The highest BCUT2D eigenvalue weighted by Crippen LogP contribution is 2.33. The van der Waals surface area contributed by atoms with Gasteiger partial charge >= 0.3 is 6.61 Å². The zero-order valence-electron chi connectivity index (χ0n) is 13.4. The summed E-state index contributed by atoms with van der Waals surface area (Å²) in [4.78, 5) is 4.14. The summed E-state index contributed by atoms with van der Waals surface area (Å²) in [6.45, 7) is 2.13. The molecule has 0 aliphatic heterocycles. The summed E-state index contributed by atoms with van der Waals surface area (Å²) in [5, 5.41) is 2.96. The van der Waals surface area contributed by atoms with E-state index in [0.29, 0.717) is 12.2 Å². The fraction of sp³-hybridized carbons (Fsp3) is 0.533. The van der Waals surface area contributed by atoms with Gasteiger partial charge in [-0.3, -0.25) is 0 Å². The largest absolute Gasteiger partial charge is 0.490 e. The number of guanidine groups is 1. The molecular weight excluding hydrogens is 419 g/mol. The Morgan fingerprint density at radius 2 is 2.09 bits per heavy atom. The Bertz CT molecular complexity index is 488. The first kappa shape index (κ1) is 21.7. The Labute approximate surface area is 152 Å². The van der Waals surface area contributed by atoms with Crippen molar-refractivity contribution in [3.63, 3.8) is 0 Å². The number of rotatable bonds is 9. The van der Waals surface area contributed by atoms with E-state index >= 15 is 0 Å². The van der Waals surface area contributed by atoms with Gasteiger partial charge in [0.1, 0.15) is 0 Å². The second-order valence-corrected chi connectivity index (χ2v) is 4.54. The van der Waals surface area contributed by atoms with Gasteiger partial charge in [-0.2, -0.15) is 8.78 Å². The minimum Gasteiger partial charge on any atom is -0.490 e. The highest BCUT2D eigenvalue weighted by molar-refractivity contribution is 14.0. The maximum absolute atomic E-state index is 12.6. The molecule has 0 aromatic heterocycles. The smallest absolute Gasteiger partial charge is 0.387 e. The van der Waals surface area contributed by atoms with E-state index in [1.807, 2.05) is 0 Å². The number of halogens is 3. The quantitative estimate of drug-likeness (QED) is 0.265. The fourth-order valence-electron chi connectivity index (χ4n) is 1.80. The summed E-state index contributed by atoms with van der Waals surface area (Å²) in [7, 11) is 0. The van der Waals surface area contributed by atoms with Crippen LogP contribution >= 0.6 is 24.0 Å². The van der Waals surface area contributed by atoms with Crippen molar-refractivity contribution in [2.45, 2.75) is 39.8 Å². The van der Waals surface area contributed by atoms with E-state index in [4.69, 9.17) is 10.5 Å². The van der Waals surface area contributed by atoms with E-state index in [-0.39, 0.29) is 48.0 Å². The molecule has 0 heterocycles. The molecule has 0 saturated carbocycles. The number of para-hydroxylation sites is 1. The van der Waals surface area contributed by atoms with Crippen molar-refractivity contribution in [2.75, 3.05) is 13.2 Å². The number of nitrogens with two attached hydrogens (primary N) is 1. The Kier molecular flexibility index (Phi) is 11.4. The molecular formula is C15H24F2IN3O2. The molecule has 5 nitrogen and oxygen atoms in total. The lowest BCUT2D eigenvalue weighted by atomic mass is 10.2. The third kappa shape index (κ3) is 8.19. The minimum atomic E-state index is -2.93. The summed E-state index contributed by atoms with van der Waals surface area (Å²) >= 11 is 0. The van der Waals surface area contributed by atoms with Gasteiger partial charge in [0.15, 0.2) is 17.5 Å². The first-order chi connectivity index (χ1) is 10.6. The van der Waals surface area contributed by atoms with Crippen LogP contribution in [-0.2, 0) is 6.54 Å². The second-order valence-electron chi connectivity index (χ2n) is 4.54. The van der Waals surface area contributed by atoms with E-state index in [0.717, 1.165) is 19.4 Å². The summed E-state index contributed by atoms with van der Waals surface area (Å²) < 4.78 is 35.0. The normalized spacial score (nSPS) is 11.1. The molecule has 1 aromatic rings. The van der Waals surface area contributed by atoms with Crippen molar-refractivity contribution in [1.82, 2.24) is 5.32 Å². The third-order valence-electron chi connectivity index (χ3n) is 2.82. The number of aliphatic imine (C=N–C) groups is 1. The zero-order valence-corrected chi connectivity index (χ0v) is 15.7. The standard InChI is InChI=1S/C15H23F2N3O2.HI/c1-3-5-9-19-15(18)20-10-11-7-6-8-12(21-4-2)13(11)22-14(16)17;/h6-8,14H,3-5,9-10H2,1-2H3,(H3,18,19,20);1H. The molecule has 0 aliphatic rings. The van der Waals surface area contributed by atoms with Crippen molar-refractivity contribution in [3.05, 3.63) is 23.8 Å². The van der Waals surface area contributed by atoms with E-state index in [1.54, 1.807) is 25.1 Å². The minimum absolute atomic E-state index is 0. The van der Waals surface area contributed by atoms with Gasteiger partial charge in [-0.1, -0.05) is 25.5 Å². The lowest BCUT2D eigenvalue weighted by Crippen LogP contribution is -2.32.